The predicted molar refractivity (Wildman–Crippen MR) is 294 cm³/mol. The third-order valence-electron chi connectivity index (χ3n) is 14.4. The summed E-state index contributed by atoms with van der Waals surface area (Å²) >= 11 is 0. The Morgan fingerprint density at radius 1 is 0.257 bits per heavy atom. The highest BCUT2D eigenvalue weighted by atomic mass is 28.3. The van der Waals surface area contributed by atoms with Crippen LogP contribution in [0.25, 0.3) is 94.1 Å². The molecule has 70 heavy (non-hydrogen) atoms. The summed E-state index contributed by atoms with van der Waals surface area (Å²) in [6, 6.07) is 95.0. The second-order valence-electron chi connectivity index (χ2n) is 18.1. The highest BCUT2D eigenvalue weighted by Gasteiger charge is 2.41. The molecule has 0 fully saturated rings. The summed E-state index contributed by atoms with van der Waals surface area (Å²) in [5.74, 6) is 2.27. The molecule has 0 N–H and O–H groups in total. The van der Waals surface area contributed by atoms with Crippen molar-refractivity contribution in [3.63, 3.8) is 0 Å². The van der Waals surface area contributed by atoms with Crippen LogP contribution in [0.2, 0.25) is 0 Å². The van der Waals surface area contributed by atoms with Crippen LogP contribution in [0.3, 0.4) is 0 Å². The van der Waals surface area contributed by atoms with Gasteiger partial charge in [0.2, 0.25) is 0 Å². The number of fused-ring (bicyclic) bond motifs is 9. The van der Waals surface area contributed by atoms with Gasteiger partial charge < -0.3 is 4.57 Å². The lowest BCUT2D eigenvalue weighted by Crippen LogP contribution is -2.74. The fourth-order valence-electron chi connectivity index (χ4n) is 11.4. The van der Waals surface area contributed by atoms with E-state index in [1.807, 2.05) is 0 Å². The smallest absolute Gasteiger partial charge is 0.179 e. The van der Waals surface area contributed by atoms with Crippen molar-refractivity contribution in [2.75, 3.05) is 0 Å². The molecule has 10 aromatic carbocycles. The first-order valence-corrected chi connectivity index (χ1v) is 25.9. The average Bonchev–Trinajstić information content (AvgIpc) is 4.08. The van der Waals surface area contributed by atoms with Crippen molar-refractivity contribution < 1.29 is 0 Å². The van der Waals surface area contributed by atoms with Gasteiger partial charge in [-0.05, 0) is 69.3 Å². The zero-order valence-corrected chi connectivity index (χ0v) is 39.1. The molecule has 0 saturated heterocycles. The molecule has 14 rings (SSSR count). The van der Waals surface area contributed by atoms with Crippen molar-refractivity contribution in [3.05, 3.63) is 261 Å². The molecule has 0 aliphatic rings. The molecule has 0 bridgehead atoms. The minimum atomic E-state index is -3.00. The van der Waals surface area contributed by atoms with Crippen molar-refractivity contribution in [2.45, 2.75) is 0 Å². The Morgan fingerprint density at radius 3 is 0.986 bits per heavy atom. The van der Waals surface area contributed by atoms with Crippen molar-refractivity contribution in [3.8, 4) is 28.7 Å². The van der Waals surface area contributed by atoms with Crippen LogP contribution in [-0.4, -0.2) is 31.7 Å². The summed E-state index contributed by atoms with van der Waals surface area (Å²) in [4.78, 5) is 11.0. The number of para-hydroxylation sites is 6. The average molecular weight is 910 g/mol. The maximum Gasteiger partial charge on any atom is 0.179 e. The first-order valence-electron chi connectivity index (χ1n) is 23.9. The van der Waals surface area contributed by atoms with Crippen molar-refractivity contribution >= 4 is 94.2 Å². The largest absolute Gasteiger partial charge is 0.309 e. The van der Waals surface area contributed by atoms with Crippen molar-refractivity contribution in [1.29, 1.82) is 0 Å². The highest BCUT2D eigenvalue weighted by molar-refractivity contribution is 7.19. The van der Waals surface area contributed by atoms with Crippen molar-refractivity contribution in [1.82, 2.24) is 23.7 Å². The van der Waals surface area contributed by atoms with Gasteiger partial charge in [0.1, 0.15) is 11.6 Å². The fourth-order valence-corrected chi connectivity index (χ4v) is 16.2. The molecule has 0 aliphatic heterocycles. The molecule has 4 heterocycles. The molecule has 4 aromatic heterocycles. The fraction of sp³-hybridized carbons (Fsp3) is 0. The molecular formula is C64H43N5Si. The number of aromatic nitrogens is 5. The van der Waals surface area contributed by atoms with Gasteiger partial charge >= 0.3 is 0 Å². The van der Waals surface area contributed by atoms with Gasteiger partial charge in [0.05, 0.1) is 33.1 Å². The third kappa shape index (κ3) is 6.03. The molecular weight excluding hydrogens is 867 g/mol. The molecule has 0 amide bonds. The number of nitrogens with zero attached hydrogens (tertiary/aromatic N) is 5. The highest BCUT2D eigenvalue weighted by Crippen LogP contribution is 2.36. The maximum atomic E-state index is 5.52. The molecule has 0 unspecified atom stereocenters. The Morgan fingerprint density at radius 2 is 0.586 bits per heavy atom. The van der Waals surface area contributed by atoms with Gasteiger partial charge in [-0.3, -0.25) is 9.13 Å². The predicted octanol–water partition coefficient (Wildman–Crippen LogP) is 12.8. The van der Waals surface area contributed by atoms with E-state index in [0.29, 0.717) is 5.82 Å². The first-order chi connectivity index (χ1) is 34.7. The van der Waals surface area contributed by atoms with Gasteiger partial charge in [-0.25, -0.2) is 9.97 Å². The maximum absolute atomic E-state index is 5.52. The molecule has 0 atom stereocenters. The molecule has 0 aliphatic carbocycles. The van der Waals surface area contributed by atoms with E-state index in [2.05, 4.69) is 275 Å². The second kappa shape index (κ2) is 16.0. The van der Waals surface area contributed by atoms with Gasteiger partial charge in [-0.2, -0.15) is 0 Å². The summed E-state index contributed by atoms with van der Waals surface area (Å²) < 4.78 is 7.03. The zero-order chi connectivity index (χ0) is 46.2. The third-order valence-corrected chi connectivity index (χ3v) is 19.2. The standard InChI is InChI=1S/C64H43N5Si/c1-3-21-46(22-4-1)70(47-23-5-2-6-24-47,49-25-19-20-45(42-49)67-56-32-13-7-26-50(56)51-27-8-14-33-57(51)67)48-40-38-44(39-41-48)64-65-62(68-58-34-15-9-28-52(58)53-29-10-16-35-59(53)68)43-63(66-64)69-60-36-17-11-30-54(60)55-31-12-18-37-61(55)69/h1-43H. The van der Waals surface area contributed by atoms with E-state index in [1.54, 1.807) is 0 Å². The van der Waals surface area contributed by atoms with Gasteiger partial charge in [-0.15, -0.1) is 0 Å². The zero-order valence-electron chi connectivity index (χ0n) is 38.1. The molecule has 14 aromatic rings. The lowest BCUT2D eigenvalue weighted by Gasteiger charge is -2.35. The van der Waals surface area contributed by atoms with E-state index < -0.39 is 8.07 Å². The minimum Gasteiger partial charge on any atom is -0.309 e. The van der Waals surface area contributed by atoms with Crippen LogP contribution in [0.4, 0.5) is 0 Å². The minimum absolute atomic E-state index is 0.655. The van der Waals surface area contributed by atoms with E-state index in [1.165, 1.54) is 64.1 Å². The lowest BCUT2D eigenvalue weighted by molar-refractivity contribution is 0.994. The van der Waals surface area contributed by atoms with Crippen LogP contribution in [0, 0.1) is 0 Å². The molecule has 0 radical (unpaired) electrons. The Kier molecular flexibility index (Phi) is 9.15. The second-order valence-corrected chi connectivity index (χ2v) is 21.9. The SMILES string of the molecule is c1ccc([Si](c2ccccc2)(c2ccc(-c3nc(-n4c5ccccc5c5ccccc54)cc(-n4c5ccccc5c5ccccc54)n3)cc2)c2cccc(-n3c4ccccc4c4ccccc43)c2)cc1. The summed E-state index contributed by atoms with van der Waals surface area (Å²) in [6.07, 6.45) is 0. The monoisotopic (exact) mass is 909 g/mol. The van der Waals surface area contributed by atoms with Crippen LogP contribution < -0.4 is 20.7 Å². The number of rotatable bonds is 8. The molecule has 6 heteroatoms. The molecule has 5 nitrogen and oxygen atoms in total. The molecule has 328 valence electrons. The van der Waals surface area contributed by atoms with Crippen LogP contribution in [0.1, 0.15) is 0 Å². The van der Waals surface area contributed by atoms with Gasteiger partial charge in [0.15, 0.2) is 13.9 Å². The Labute approximate surface area is 405 Å². The van der Waals surface area contributed by atoms with Gasteiger partial charge in [0.25, 0.3) is 0 Å². The van der Waals surface area contributed by atoms with E-state index >= 15 is 0 Å². The van der Waals surface area contributed by atoms with Crippen LogP contribution >= 0.6 is 0 Å². The van der Waals surface area contributed by atoms with Crippen molar-refractivity contribution in [2.24, 2.45) is 0 Å². The van der Waals surface area contributed by atoms with E-state index in [9.17, 15) is 0 Å². The quantitative estimate of drug-likeness (QED) is 0.113. The normalized spacial score (nSPS) is 12.0. The van der Waals surface area contributed by atoms with E-state index in [-0.39, 0.29) is 0 Å². The summed E-state index contributed by atoms with van der Waals surface area (Å²) in [5.41, 5.74) is 8.87. The summed E-state index contributed by atoms with van der Waals surface area (Å²) in [7, 11) is -3.00. The lowest BCUT2D eigenvalue weighted by atomic mass is 10.2. The van der Waals surface area contributed by atoms with E-state index in [4.69, 9.17) is 9.97 Å². The molecule has 0 spiro atoms. The number of hydrogen-bond donors (Lipinski definition) is 0. The van der Waals surface area contributed by atoms with Gasteiger partial charge in [0, 0.05) is 49.6 Å². The summed E-state index contributed by atoms with van der Waals surface area (Å²) in [6.45, 7) is 0. The van der Waals surface area contributed by atoms with Gasteiger partial charge in [-0.1, -0.05) is 206 Å². The Bertz CT molecular complexity index is 3970. The molecule has 0 saturated carbocycles. The van der Waals surface area contributed by atoms with Crippen LogP contribution in [0.15, 0.2) is 261 Å². The van der Waals surface area contributed by atoms with Crippen LogP contribution in [0.5, 0.6) is 0 Å². The topological polar surface area (TPSA) is 40.6 Å². The Balaban J connectivity index is 1.00. The number of benzene rings is 10. The van der Waals surface area contributed by atoms with E-state index in [0.717, 1.165) is 45.0 Å². The summed E-state index contributed by atoms with van der Waals surface area (Å²) in [5, 5.41) is 12.4. The first kappa shape index (κ1) is 40.0. The number of hydrogen-bond acceptors (Lipinski definition) is 2. The Hall–Kier alpha value is -9.10. The van der Waals surface area contributed by atoms with Crippen LogP contribution in [-0.2, 0) is 0 Å².